The zero-order chi connectivity index (χ0) is 36.0. The van der Waals surface area contributed by atoms with E-state index in [0.29, 0.717) is 46.0 Å². The number of fused-ring (bicyclic) bond motifs is 1. The SMILES string of the molecule is CC(C)(C)OC(=O)N1CCC(CN2CCC(C#Cc3ccc4c(n3)CN([C@H]3C(C)(C)[C@H](Oc5ccc(C#N)c(Cl)c5)C3(C)C)C4=O)CC2)CC1. The van der Waals surface area contributed by atoms with Crippen LogP contribution in [0.3, 0.4) is 0 Å². The number of piperidine rings is 2. The first-order chi connectivity index (χ1) is 23.6. The van der Waals surface area contributed by atoms with Crippen molar-refractivity contribution in [1.82, 2.24) is 19.7 Å². The average Bonchev–Trinajstić information content (AvgIpc) is 3.36. The Kier molecular flexibility index (Phi) is 9.89. The molecule has 50 heavy (non-hydrogen) atoms. The highest BCUT2D eigenvalue weighted by atomic mass is 35.5. The Morgan fingerprint density at radius 2 is 1.70 bits per heavy atom. The largest absolute Gasteiger partial charge is 0.489 e. The van der Waals surface area contributed by atoms with E-state index in [9.17, 15) is 14.9 Å². The maximum atomic E-state index is 13.7. The van der Waals surface area contributed by atoms with E-state index in [-0.39, 0.29) is 35.0 Å². The van der Waals surface area contributed by atoms with Gasteiger partial charge in [-0.1, -0.05) is 45.2 Å². The summed E-state index contributed by atoms with van der Waals surface area (Å²) in [7, 11) is 0. The van der Waals surface area contributed by atoms with Gasteiger partial charge < -0.3 is 24.2 Å². The molecule has 1 saturated carbocycles. The second kappa shape index (κ2) is 13.7. The maximum Gasteiger partial charge on any atom is 0.410 e. The molecule has 3 aliphatic heterocycles. The van der Waals surface area contributed by atoms with Crippen molar-refractivity contribution in [1.29, 1.82) is 5.26 Å². The Hall–Kier alpha value is -3.79. The molecular formula is C40H50ClN5O4. The number of benzene rings is 1. The van der Waals surface area contributed by atoms with Crippen molar-refractivity contribution in [3.05, 3.63) is 57.9 Å². The molecule has 4 aliphatic rings. The molecule has 4 heterocycles. The Morgan fingerprint density at radius 3 is 2.32 bits per heavy atom. The van der Waals surface area contributed by atoms with Crippen LogP contribution in [0.5, 0.6) is 5.75 Å². The van der Waals surface area contributed by atoms with Gasteiger partial charge in [-0.25, -0.2) is 9.78 Å². The lowest BCUT2D eigenvalue weighted by molar-refractivity contribution is -0.199. The van der Waals surface area contributed by atoms with E-state index in [4.69, 9.17) is 26.1 Å². The topological polar surface area (TPSA) is 99.0 Å². The molecule has 0 radical (unpaired) electrons. The number of carbonyl (C=O) groups excluding carboxylic acids is 2. The quantitative estimate of drug-likeness (QED) is 0.306. The second-order valence-corrected chi connectivity index (χ2v) is 17.1. The molecule has 1 aliphatic carbocycles. The third kappa shape index (κ3) is 7.32. The number of pyridine rings is 1. The van der Waals surface area contributed by atoms with Crippen LogP contribution in [0.2, 0.25) is 5.02 Å². The number of ether oxygens (including phenoxy) is 2. The van der Waals surface area contributed by atoms with Gasteiger partial charge >= 0.3 is 6.09 Å². The number of hydrogen-bond donors (Lipinski definition) is 0. The van der Waals surface area contributed by atoms with Gasteiger partial charge in [-0.05, 0) is 95.6 Å². The smallest absolute Gasteiger partial charge is 0.410 e. The molecule has 3 fully saturated rings. The summed E-state index contributed by atoms with van der Waals surface area (Å²) in [5.41, 5.74) is 1.42. The van der Waals surface area contributed by atoms with Gasteiger partial charge in [0, 0.05) is 48.5 Å². The maximum absolute atomic E-state index is 13.7. The Balaban J connectivity index is 1.01. The molecule has 9 nitrogen and oxygen atoms in total. The molecule has 2 amide bonds. The molecule has 0 bridgehead atoms. The van der Waals surface area contributed by atoms with E-state index in [1.54, 1.807) is 18.2 Å². The summed E-state index contributed by atoms with van der Waals surface area (Å²) in [5, 5.41) is 9.59. The van der Waals surface area contributed by atoms with Gasteiger partial charge in [0.2, 0.25) is 0 Å². The van der Waals surface area contributed by atoms with Crippen molar-refractivity contribution in [2.24, 2.45) is 22.7 Å². The Labute approximate surface area is 302 Å². The van der Waals surface area contributed by atoms with E-state index in [1.807, 2.05) is 42.7 Å². The van der Waals surface area contributed by atoms with Crippen LogP contribution in [0, 0.1) is 45.8 Å². The van der Waals surface area contributed by atoms with Crippen molar-refractivity contribution in [3.8, 4) is 23.7 Å². The number of aromatic nitrogens is 1. The summed E-state index contributed by atoms with van der Waals surface area (Å²) >= 11 is 6.27. The van der Waals surface area contributed by atoms with Crippen LogP contribution in [-0.4, -0.2) is 82.2 Å². The lowest BCUT2D eigenvalue weighted by Crippen LogP contribution is -2.74. The average molecular weight is 700 g/mol. The molecule has 0 spiro atoms. The van der Waals surface area contributed by atoms with Crippen LogP contribution in [0.1, 0.15) is 101 Å². The first kappa shape index (κ1) is 36.0. The van der Waals surface area contributed by atoms with E-state index in [0.717, 1.165) is 64.1 Å². The fourth-order valence-electron chi connectivity index (χ4n) is 8.92. The minimum atomic E-state index is -0.463. The zero-order valence-electron chi connectivity index (χ0n) is 30.5. The second-order valence-electron chi connectivity index (χ2n) is 16.7. The fraction of sp³-hybridized carbons (Fsp3) is 0.600. The normalized spacial score (nSPS) is 23.7. The first-order valence-electron chi connectivity index (χ1n) is 18.0. The molecule has 2 aromatic rings. The summed E-state index contributed by atoms with van der Waals surface area (Å²) in [5.74, 6) is 8.36. The molecule has 2 saturated heterocycles. The summed E-state index contributed by atoms with van der Waals surface area (Å²) < 4.78 is 12.0. The number of amides is 2. The lowest BCUT2D eigenvalue weighted by atomic mass is 9.49. The molecule has 0 atom stereocenters. The van der Waals surface area contributed by atoms with E-state index < -0.39 is 5.60 Å². The van der Waals surface area contributed by atoms with Crippen molar-refractivity contribution in [3.63, 3.8) is 0 Å². The monoisotopic (exact) mass is 699 g/mol. The van der Waals surface area contributed by atoms with Crippen molar-refractivity contribution in [2.75, 3.05) is 32.7 Å². The van der Waals surface area contributed by atoms with Crippen molar-refractivity contribution >= 4 is 23.6 Å². The minimum absolute atomic E-state index is 0.000845. The number of hydrogen-bond acceptors (Lipinski definition) is 7. The first-order valence-corrected chi connectivity index (χ1v) is 18.3. The van der Waals surface area contributed by atoms with Gasteiger partial charge in [-0.2, -0.15) is 5.26 Å². The molecule has 1 aromatic carbocycles. The third-order valence-electron chi connectivity index (χ3n) is 10.9. The van der Waals surface area contributed by atoms with Gasteiger partial charge in [0.05, 0.1) is 28.4 Å². The van der Waals surface area contributed by atoms with Gasteiger partial charge in [-0.3, -0.25) is 4.79 Å². The van der Waals surface area contributed by atoms with Crippen molar-refractivity contribution in [2.45, 2.75) is 98.4 Å². The van der Waals surface area contributed by atoms with E-state index in [1.165, 1.54) is 0 Å². The lowest BCUT2D eigenvalue weighted by Gasteiger charge is -2.65. The summed E-state index contributed by atoms with van der Waals surface area (Å²) in [6.45, 7) is 19.4. The summed E-state index contributed by atoms with van der Waals surface area (Å²) in [6, 6.07) is 10.9. The Morgan fingerprint density at radius 1 is 1.02 bits per heavy atom. The van der Waals surface area contributed by atoms with Crippen LogP contribution >= 0.6 is 11.6 Å². The number of halogens is 1. The van der Waals surface area contributed by atoms with Crippen LogP contribution in [0.25, 0.3) is 0 Å². The number of nitrogens with zero attached hydrogens (tertiary/aromatic N) is 5. The summed E-state index contributed by atoms with van der Waals surface area (Å²) in [6.07, 6.45) is 3.73. The highest BCUT2D eigenvalue weighted by Crippen LogP contribution is 2.59. The molecule has 6 rings (SSSR count). The predicted octanol–water partition coefficient (Wildman–Crippen LogP) is 7.16. The van der Waals surface area contributed by atoms with Crippen molar-refractivity contribution < 1.29 is 19.1 Å². The van der Waals surface area contributed by atoms with Gasteiger partial charge in [0.25, 0.3) is 5.91 Å². The number of rotatable bonds is 5. The molecular weight excluding hydrogens is 650 g/mol. The number of carbonyl (C=O) groups is 2. The minimum Gasteiger partial charge on any atom is -0.489 e. The van der Waals surface area contributed by atoms with Gasteiger partial charge in [-0.15, -0.1) is 0 Å². The number of nitriles is 1. The van der Waals surface area contributed by atoms with Gasteiger partial charge in [0.15, 0.2) is 0 Å². The van der Waals surface area contributed by atoms with Crippen LogP contribution in [0.4, 0.5) is 4.79 Å². The van der Waals surface area contributed by atoms with E-state index >= 15 is 0 Å². The van der Waals surface area contributed by atoms with Crippen LogP contribution in [-0.2, 0) is 11.3 Å². The zero-order valence-corrected chi connectivity index (χ0v) is 31.3. The van der Waals surface area contributed by atoms with Crippen LogP contribution < -0.4 is 4.74 Å². The highest BCUT2D eigenvalue weighted by molar-refractivity contribution is 6.31. The Bertz CT molecular complexity index is 1720. The fourth-order valence-corrected chi connectivity index (χ4v) is 9.13. The van der Waals surface area contributed by atoms with E-state index in [2.05, 4.69) is 50.5 Å². The predicted molar refractivity (Wildman–Crippen MR) is 193 cm³/mol. The third-order valence-corrected chi connectivity index (χ3v) is 11.3. The van der Waals surface area contributed by atoms with Crippen LogP contribution in [0.15, 0.2) is 30.3 Å². The molecule has 266 valence electrons. The van der Waals surface area contributed by atoms with Gasteiger partial charge in [0.1, 0.15) is 29.2 Å². The standard InChI is InChI=1S/C40H50ClN5O4/c1-38(2,3)50-37(48)45-20-16-27(17-21-45)24-44-18-14-26(15-19-44)8-10-29-11-13-31-33(43-29)25-46(34(31)47)35-39(4,5)36(40(35,6)7)49-30-12-9-28(23-42)32(41)22-30/h9,11-13,22,26-27,35-36H,14-21,24-25H2,1-7H3/t35-,36-. The molecule has 0 N–H and O–H groups in total. The molecule has 10 heteroatoms. The summed E-state index contributed by atoms with van der Waals surface area (Å²) in [4.78, 5) is 37.3. The number of likely N-dealkylation sites (tertiary alicyclic amines) is 2. The molecule has 0 unspecified atom stereocenters. The molecule has 1 aromatic heterocycles. The highest BCUT2D eigenvalue weighted by Gasteiger charge is 2.67.